The number of rotatable bonds is 49. The molecule has 0 heterocycles. The van der Waals surface area contributed by atoms with Crippen LogP contribution in [0.3, 0.4) is 0 Å². The summed E-state index contributed by atoms with van der Waals surface area (Å²) in [6.45, 7) is 6.57. The number of hydrogen-bond donors (Lipinski definition) is 0. The van der Waals surface area contributed by atoms with Crippen molar-refractivity contribution >= 4 is 17.9 Å². The molecule has 63 heavy (non-hydrogen) atoms. The van der Waals surface area contributed by atoms with Crippen LogP contribution in [0.5, 0.6) is 0 Å². The first-order valence-electron chi connectivity index (χ1n) is 27.1. The average Bonchev–Trinajstić information content (AvgIpc) is 3.28. The smallest absolute Gasteiger partial charge is 0.306 e. The third-order valence-electron chi connectivity index (χ3n) is 11.8. The van der Waals surface area contributed by atoms with E-state index in [1.54, 1.807) is 0 Å². The molecule has 0 aromatic carbocycles. The molecule has 0 N–H and O–H groups in total. The van der Waals surface area contributed by atoms with Gasteiger partial charge in [-0.15, -0.1) is 0 Å². The van der Waals surface area contributed by atoms with Crippen molar-refractivity contribution in [3.8, 4) is 0 Å². The Kier molecular flexibility index (Phi) is 49.8. The van der Waals surface area contributed by atoms with Crippen molar-refractivity contribution in [1.29, 1.82) is 0 Å². The van der Waals surface area contributed by atoms with Gasteiger partial charge in [-0.05, 0) is 96.3 Å². The van der Waals surface area contributed by atoms with Crippen LogP contribution in [0.25, 0.3) is 0 Å². The third kappa shape index (κ3) is 50.2. The zero-order chi connectivity index (χ0) is 45.8. The summed E-state index contributed by atoms with van der Waals surface area (Å²) in [5, 5.41) is 0. The molecule has 0 rings (SSSR count). The predicted molar refractivity (Wildman–Crippen MR) is 270 cm³/mol. The van der Waals surface area contributed by atoms with Gasteiger partial charge in [-0.2, -0.15) is 0 Å². The second-order valence-electron chi connectivity index (χ2n) is 18.1. The van der Waals surface area contributed by atoms with Gasteiger partial charge in [-0.1, -0.05) is 211 Å². The van der Waals surface area contributed by atoms with Crippen molar-refractivity contribution in [3.63, 3.8) is 0 Å². The van der Waals surface area contributed by atoms with Crippen LogP contribution in [-0.2, 0) is 28.6 Å². The van der Waals surface area contributed by atoms with Crippen molar-refractivity contribution in [2.24, 2.45) is 0 Å². The van der Waals surface area contributed by atoms with Crippen LogP contribution in [0.1, 0.15) is 278 Å². The van der Waals surface area contributed by atoms with E-state index in [0.29, 0.717) is 19.3 Å². The summed E-state index contributed by atoms with van der Waals surface area (Å²) in [5.41, 5.74) is 0. The molecular formula is C57H102O6. The van der Waals surface area contributed by atoms with Crippen molar-refractivity contribution in [1.82, 2.24) is 0 Å². The summed E-state index contributed by atoms with van der Waals surface area (Å²) >= 11 is 0. The lowest BCUT2D eigenvalue weighted by atomic mass is 10.1. The van der Waals surface area contributed by atoms with Crippen LogP contribution in [0.2, 0.25) is 0 Å². The fourth-order valence-corrected chi connectivity index (χ4v) is 7.62. The first kappa shape index (κ1) is 60.4. The molecule has 0 saturated carbocycles. The molecule has 0 spiro atoms. The van der Waals surface area contributed by atoms with Gasteiger partial charge < -0.3 is 14.2 Å². The van der Waals surface area contributed by atoms with Crippen LogP contribution >= 0.6 is 0 Å². The second-order valence-corrected chi connectivity index (χ2v) is 18.1. The topological polar surface area (TPSA) is 78.9 Å². The largest absolute Gasteiger partial charge is 0.462 e. The monoisotopic (exact) mass is 883 g/mol. The summed E-state index contributed by atoms with van der Waals surface area (Å²) in [6.07, 6.45) is 62.3. The normalized spacial score (nSPS) is 12.4. The van der Waals surface area contributed by atoms with Gasteiger partial charge in [0.25, 0.3) is 0 Å². The Morgan fingerprint density at radius 3 is 0.968 bits per heavy atom. The van der Waals surface area contributed by atoms with E-state index in [-0.39, 0.29) is 31.1 Å². The molecule has 0 radical (unpaired) electrons. The minimum absolute atomic E-state index is 0.0807. The van der Waals surface area contributed by atoms with Gasteiger partial charge in [-0.3, -0.25) is 14.4 Å². The highest BCUT2D eigenvalue weighted by atomic mass is 16.6. The molecule has 0 bridgehead atoms. The van der Waals surface area contributed by atoms with Gasteiger partial charge in [-0.25, -0.2) is 0 Å². The Labute approximate surface area is 390 Å². The molecule has 1 unspecified atom stereocenters. The van der Waals surface area contributed by atoms with Gasteiger partial charge in [0.2, 0.25) is 0 Å². The van der Waals surface area contributed by atoms with E-state index in [2.05, 4.69) is 69.4 Å². The molecule has 366 valence electrons. The predicted octanol–water partition coefficient (Wildman–Crippen LogP) is 17.9. The molecule has 0 aliphatic heterocycles. The maximum absolute atomic E-state index is 12.8. The second kappa shape index (κ2) is 52.0. The molecule has 0 fully saturated rings. The van der Waals surface area contributed by atoms with Gasteiger partial charge in [0.1, 0.15) is 13.2 Å². The SMILES string of the molecule is CCCC/C=C\CCCCCCCC(=O)OCC(COC(=O)CCCCCCCCC/C=C\C/C=C\CCCCC)OC(=O)CCCCCCCCC/C=C\CCCCCCCC. The Morgan fingerprint density at radius 1 is 0.317 bits per heavy atom. The Hall–Kier alpha value is -2.63. The lowest BCUT2D eigenvalue weighted by Crippen LogP contribution is -2.30. The average molecular weight is 883 g/mol. The van der Waals surface area contributed by atoms with Gasteiger partial charge in [0.15, 0.2) is 6.10 Å². The molecular weight excluding hydrogens is 781 g/mol. The van der Waals surface area contributed by atoms with E-state index < -0.39 is 6.10 Å². The van der Waals surface area contributed by atoms with Crippen LogP contribution in [0.4, 0.5) is 0 Å². The third-order valence-corrected chi connectivity index (χ3v) is 11.8. The van der Waals surface area contributed by atoms with E-state index in [1.807, 2.05) is 0 Å². The zero-order valence-corrected chi connectivity index (χ0v) is 41.8. The molecule has 1 atom stereocenters. The van der Waals surface area contributed by atoms with Crippen molar-refractivity contribution in [2.75, 3.05) is 13.2 Å². The molecule has 0 aromatic rings. The van der Waals surface area contributed by atoms with Crippen LogP contribution in [0, 0.1) is 0 Å². The number of hydrogen-bond acceptors (Lipinski definition) is 6. The quantitative estimate of drug-likeness (QED) is 0.0262. The standard InChI is InChI=1S/C57H102O6/c1-4-7-10-13-16-19-22-24-26-28-30-32-35-38-41-44-47-50-56(59)62-53-54(52-61-55(58)49-46-43-40-37-34-21-18-15-12-9-6-3)63-57(60)51-48-45-42-39-36-33-31-29-27-25-23-20-17-14-11-8-5-2/h15-16,18-19,24-27,54H,4-14,17,20-23,28-53H2,1-3H3/b18-15-,19-16-,26-24-,27-25-. The minimum atomic E-state index is -0.780. The van der Waals surface area contributed by atoms with Crippen molar-refractivity contribution in [2.45, 2.75) is 284 Å². The Balaban J connectivity index is 4.36. The van der Waals surface area contributed by atoms with Crippen molar-refractivity contribution < 1.29 is 28.6 Å². The highest BCUT2D eigenvalue weighted by Crippen LogP contribution is 2.15. The highest BCUT2D eigenvalue weighted by molar-refractivity contribution is 5.71. The van der Waals surface area contributed by atoms with Gasteiger partial charge in [0.05, 0.1) is 0 Å². The van der Waals surface area contributed by atoms with Crippen LogP contribution in [0.15, 0.2) is 48.6 Å². The first-order valence-corrected chi connectivity index (χ1v) is 27.1. The lowest BCUT2D eigenvalue weighted by molar-refractivity contribution is -0.167. The van der Waals surface area contributed by atoms with Crippen LogP contribution in [-0.4, -0.2) is 37.2 Å². The molecule has 0 amide bonds. The fourth-order valence-electron chi connectivity index (χ4n) is 7.62. The maximum atomic E-state index is 12.8. The maximum Gasteiger partial charge on any atom is 0.306 e. The number of ether oxygens (including phenoxy) is 3. The van der Waals surface area contributed by atoms with Crippen LogP contribution < -0.4 is 0 Å². The fraction of sp³-hybridized carbons (Fsp3) is 0.807. The Bertz CT molecular complexity index is 1110. The molecule has 0 saturated heterocycles. The summed E-state index contributed by atoms with van der Waals surface area (Å²) < 4.78 is 16.8. The van der Waals surface area contributed by atoms with Crippen molar-refractivity contribution in [3.05, 3.63) is 48.6 Å². The molecule has 0 aliphatic carbocycles. The van der Waals surface area contributed by atoms with E-state index in [1.165, 1.54) is 161 Å². The number of allylic oxidation sites excluding steroid dienone is 8. The first-order chi connectivity index (χ1) is 31.0. The zero-order valence-electron chi connectivity index (χ0n) is 41.8. The summed E-state index contributed by atoms with van der Waals surface area (Å²) in [7, 11) is 0. The minimum Gasteiger partial charge on any atom is -0.462 e. The number of carbonyl (C=O) groups is 3. The molecule has 0 aliphatic rings. The number of unbranched alkanes of at least 4 members (excludes halogenated alkanes) is 30. The van der Waals surface area contributed by atoms with E-state index in [0.717, 1.165) is 77.0 Å². The number of esters is 3. The highest BCUT2D eigenvalue weighted by Gasteiger charge is 2.19. The van der Waals surface area contributed by atoms with E-state index >= 15 is 0 Å². The summed E-state index contributed by atoms with van der Waals surface area (Å²) in [6, 6.07) is 0. The van der Waals surface area contributed by atoms with E-state index in [9.17, 15) is 14.4 Å². The van der Waals surface area contributed by atoms with Gasteiger partial charge in [0, 0.05) is 19.3 Å². The molecule has 6 heteroatoms. The lowest BCUT2D eigenvalue weighted by Gasteiger charge is -2.18. The molecule has 0 aromatic heterocycles. The Morgan fingerprint density at radius 2 is 0.587 bits per heavy atom. The van der Waals surface area contributed by atoms with Gasteiger partial charge >= 0.3 is 17.9 Å². The van der Waals surface area contributed by atoms with E-state index in [4.69, 9.17) is 14.2 Å². The summed E-state index contributed by atoms with van der Waals surface area (Å²) in [4.78, 5) is 38.0. The number of carbonyl (C=O) groups excluding carboxylic acids is 3. The molecule has 6 nitrogen and oxygen atoms in total. The summed E-state index contributed by atoms with van der Waals surface area (Å²) in [5.74, 6) is -0.894.